The van der Waals surface area contributed by atoms with E-state index >= 15 is 0 Å². The molecule has 1 heterocycles. The van der Waals surface area contributed by atoms with Crippen LogP contribution in [0, 0.1) is 13.8 Å². The summed E-state index contributed by atoms with van der Waals surface area (Å²) in [5.74, 6) is -0.266. The number of amides is 1. The maximum Gasteiger partial charge on any atom is 0.255 e. The Kier molecular flexibility index (Phi) is 5.12. The fraction of sp³-hybridized carbons (Fsp3) is 0.250. The van der Waals surface area contributed by atoms with Crippen molar-refractivity contribution in [2.45, 2.75) is 20.4 Å². The highest BCUT2D eigenvalue weighted by atomic mass is 32.2. The minimum Gasteiger partial charge on any atom is -0.322 e. The van der Waals surface area contributed by atoms with Gasteiger partial charge in [0.25, 0.3) is 5.91 Å². The Bertz CT molecular complexity index is 812. The third-order valence-electron chi connectivity index (χ3n) is 3.07. The molecule has 6 nitrogen and oxygen atoms in total. The van der Waals surface area contributed by atoms with Crippen molar-refractivity contribution in [3.8, 4) is 0 Å². The molecule has 0 unspecified atom stereocenters. The lowest BCUT2D eigenvalue weighted by Gasteiger charge is -2.09. The molecule has 0 aliphatic heterocycles. The van der Waals surface area contributed by atoms with E-state index in [0.717, 1.165) is 23.1 Å². The van der Waals surface area contributed by atoms with E-state index in [1.807, 2.05) is 32.0 Å². The summed E-state index contributed by atoms with van der Waals surface area (Å²) in [6.45, 7) is 3.97. The number of hydrogen-bond acceptors (Lipinski definition) is 4. The molecular weight excluding hydrogens is 314 g/mol. The number of carbonyl (C=O) groups is 1. The number of carbonyl (C=O) groups excluding carboxylic acids is 1. The molecule has 1 aromatic heterocycles. The summed E-state index contributed by atoms with van der Waals surface area (Å²) >= 11 is 0. The van der Waals surface area contributed by atoms with Gasteiger partial charge in [0, 0.05) is 17.4 Å². The first-order valence-electron chi connectivity index (χ1n) is 7.02. The number of anilines is 1. The highest BCUT2D eigenvalue weighted by molar-refractivity contribution is 7.88. The number of pyridine rings is 1. The number of hydrogen-bond donors (Lipinski definition) is 2. The van der Waals surface area contributed by atoms with E-state index in [2.05, 4.69) is 15.0 Å². The first kappa shape index (κ1) is 17.1. The van der Waals surface area contributed by atoms with Gasteiger partial charge in [-0.2, -0.15) is 0 Å². The van der Waals surface area contributed by atoms with E-state index < -0.39 is 10.0 Å². The predicted octanol–water partition coefficient (Wildman–Crippen LogP) is 2.00. The molecule has 2 rings (SSSR count). The van der Waals surface area contributed by atoms with E-state index in [1.54, 1.807) is 12.1 Å². The zero-order valence-corrected chi connectivity index (χ0v) is 14.1. The zero-order chi connectivity index (χ0) is 17.0. The van der Waals surface area contributed by atoms with E-state index in [-0.39, 0.29) is 12.5 Å². The molecule has 1 aromatic carbocycles. The summed E-state index contributed by atoms with van der Waals surface area (Å²) in [5, 5.41) is 2.83. The van der Waals surface area contributed by atoms with Gasteiger partial charge in [-0.25, -0.2) is 13.1 Å². The maximum atomic E-state index is 12.3. The van der Waals surface area contributed by atoms with Gasteiger partial charge in [0.1, 0.15) is 0 Å². The molecule has 0 saturated heterocycles. The smallest absolute Gasteiger partial charge is 0.255 e. The van der Waals surface area contributed by atoms with Crippen molar-refractivity contribution >= 4 is 21.6 Å². The van der Waals surface area contributed by atoms with Crippen molar-refractivity contribution in [1.29, 1.82) is 0 Å². The molecule has 2 N–H and O–H groups in total. The van der Waals surface area contributed by atoms with Crippen molar-refractivity contribution in [2.75, 3.05) is 11.6 Å². The number of nitrogens with zero attached hydrogens (tertiary/aromatic N) is 1. The van der Waals surface area contributed by atoms with Gasteiger partial charge in [0.15, 0.2) is 0 Å². The third-order valence-corrected chi connectivity index (χ3v) is 3.74. The summed E-state index contributed by atoms with van der Waals surface area (Å²) < 4.78 is 24.6. The van der Waals surface area contributed by atoms with Gasteiger partial charge < -0.3 is 5.32 Å². The molecule has 0 saturated carbocycles. The van der Waals surface area contributed by atoms with Gasteiger partial charge in [-0.1, -0.05) is 6.07 Å². The molecule has 23 heavy (non-hydrogen) atoms. The quantitative estimate of drug-likeness (QED) is 0.876. The predicted molar refractivity (Wildman–Crippen MR) is 89.8 cm³/mol. The summed E-state index contributed by atoms with van der Waals surface area (Å²) in [6, 6.07) is 8.95. The van der Waals surface area contributed by atoms with Crippen LogP contribution in [0.1, 0.15) is 27.2 Å². The van der Waals surface area contributed by atoms with Gasteiger partial charge in [0.2, 0.25) is 10.0 Å². The fourth-order valence-corrected chi connectivity index (χ4v) is 2.58. The lowest BCUT2D eigenvalue weighted by molar-refractivity contribution is 0.102. The Hall–Kier alpha value is -2.25. The monoisotopic (exact) mass is 333 g/mol. The lowest BCUT2D eigenvalue weighted by atomic mass is 10.1. The van der Waals surface area contributed by atoms with Crippen LogP contribution in [-0.2, 0) is 16.6 Å². The molecule has 2 aromatic rings. The molecule has 0 radical (unpaired) electrons. The van der Waals surface area contributed by atoms with E-state index in [0.29, 0.717) is 11.3 Å². The van der Waals surface area contributed by atoms with Gasteiger partial charge in [0.05, 0.1) is 18.5 Å². The summed E-state index contributed by atoms with van der Waals surface area (Å²) in [6.07, 6.45) is 2.55. The van der Waals surface area contributed by atoms with Crippen molar-refractivity contribution in [2.24, 2.45) is 0 Å². The normalized spacial score (nSPS) is 11.3. The van der Waals surface area contributed by atoms with Gasteiger partial charge in [-0.3, -0.25) is 9.78 Å². The van der Waals surface area contributed by atoms with Crippen LogP contribution < -0.4 is 10.0 Å². The average Bonchev–Trinajstić information content (AvgIpc) is 2.43. The van der Waals surface area contributed by atoms with Crippen LogP contribution >= 0.6 is 0 Å². The molecule has 0 fully saturated rings. The molecular formula is C16H19N3O3S. The summed E-state index contributed by atoms with van der Waals surface area (Å²) in [7, 11) is -3.30. The molecule has 0 spiro atoms. The molecule has 0 aliphatic carbocycles. The van der Waals surface area contributed by atoms with E-state index in [4.69, 9.17) is 0 Å². The number of aromatic nitrogens is 1. The fourth-order valence-electron chi connectivity index (χ4n) is 2.17. The van der Waals surface area contributed by atoms with Crippen molar-refractivity contribution in [3.63, 3.8) is 0 Å². The standard InChI is InChI=1S/C16H19N3O3S/c1-11-6-12(2)8-14(7-11)19-16(20)13-4-5-17-15(9-13)10-18-23(3,21)22/h4-9,18H,10H2,1-3H3,(H,19,20). The summed E-state index contributed by atoms with van der Waals surface area (Å²) in [4.78, 5) is 16.4. The highest BCUT2D eigenvalue weighted by Crippen LogP contribution is 2.15. The molecule has 7 heteroatoms. The second-order valence-corrected chi connectivity index (χ2v) is 7.29. The van der Waals surface area contributed by atoms with Gasteiger partial charge in [-0.15, -0.1) is 0 Å². The van der Waals surface area contributed by atoms with E-state index in [9.17, 15) is 13.2 Å². The van der Waals surface area contributed by atoms with Crippen LogP contribution in [0.15, 0.2) is 36.5 Å². The first-order chi connectivity index (χ1) is 10.7. The Morgan fingerprint density at radius 2 is 1.78 bits per heavy atom. The first-order valence-corrected chi connectivity index (χ1v) is 8.91. The van der Waals surface area contributed by atoms with Crippen LogP contribution in [-0.4, -0.2) is 25.6 Å². The van der Waals surface area contributed by atoms with Crippen molar-refractivity contribution in [3.05, 3.63) is 58.9 Å². The molecule has 1 amide bonds. The van der Waals surface area contributed by atoms with Gasteiger partial charge in [-0.05, 0) is 49.2 Å². The van der Waals surface area contributed by atoms with Crippen LogP contribution in [0.4, 0.5) is 5.69 Å². The SMILES string of the molecule is Cc1cc(C)cc(NC(=O)c2ccnc(CNS(C)(=O)=O)c2)c1. The van der Waals surface area contributed by atoms with Crippen LogP contribution in [0.3, 0.4) is 0 Å². The number of aryl methyl sites for hydroxylation is 2. The Balaban J connectivity index is 2.13. The minimum atomic E-state index is -3.30. The lowest BCUT2D eigenvalue weighted by Crippen LogP contribution is -2.22. The molecule has 0 bridgehead atoms. The topological polar surface area (TPSA) is 88.2 Å². The average molecular weight is 333 g/mol. The zero-order valence-electron chi connectivity index (χ0n) is 13.3. The van der Waals surface area contributed by atoms with Crippen LogP contribution in [0.2, 0.25) is 0 Å². The second kappa shape index (κ2) is 6.89. The third kappa shape index (κ3) is 5.46. The van der Waals surface area contributed by atoms with Crippen molar-refractivity contribution in [1.82, 2.24) is 9.71 Å². The van der Waals surface area contributed by atoms with Gasteiger partial charge >= 0.3 is 0 Å². The second-order valence-electron chi connectivity index (χ2n) is 5.46. The Labute approximate surface area is 136 Å². The number of sulfonamides is 1. The Morgan fingerprint density at radius 3 is 2.39 bits per heavy atom. The highest BCUT2D eigenvalue weighted by Gasteiger charge is 2.09. The summed E-state index contributed by atoms with van der Waals surface area (Å²) in [5.41, 5.74) is 3.74. The molecule has 0 atom stereocenters. The molecule has 122 valence electrons. The molecule has 0 aliphatic rings. The van der Waals surface area contributed by atoms with Crippen LogP contribution in [0.5, 0.6) is 0 Å². The van der Waals surface area contributed by atoms with E-state index in [1.165, 1.54) is 6.20 Å². The number of rotatable bonds is 5. The largest absolute Gasteiger partial charge is 0.322 e. The van der Waals surface area contributed by atoms with Crippen molar-refractivity contribution < 1.29 is 13.2 Å². The Morgan fingerprint density at radius 1 is 1.13 bits per heavy atom. The number of benzene rings is 1. The minimum absolute atomic E-state index is 0.0451. The number of nitrogens with one attached hydrogen (secondary N) is 2. The maximum absolute atomic E-state index is 12.3. The van der Waals surface area contributed by atoms with Crippen LogP contribution in [0.25, 0.3) is 0 Å².